The predicted molar refractivity (Wildman–Crippen MR) is 81.9 cm³/mol. The fraction of sp³-hybridized carbons (Fsp3) is 0.200. The van der Waals surface area contributed by atoms with E-state index in [9.17, 15) is 13.6 Å². The highest BCUT2D eigenvalue weighted by atomic mass is 79.9. The molecule has 0 unspecified atom stereocenters. The van der Waals surface area contributed by atoms with Crippen LogP contribution >= 0.6 is 15.9 Å². The second-order valence-electron chi connectivity index (χ2n) is 4.51. The Kier molecular flexibility index (Phi) is 5.43. The van der Waals surface area contributed by atoms with E-state index in [1.165, 1.54) is 6.07 Å². The van der Waals surface area contributed by atoms with Crippen molar-refractivity contribution in [2.45, 2.75) is 20.0 Å². The van der Waals surface area contributed by atoms with Gasteiger partial charge in [-0.1, -0.05) is 30.3 Å². The Morgan fingerprint density at radius 1 is 1.36 bits per heavy atom. The van der Waals surface area contributed by atoms with Gasteiger partial charge in [-0.05, 0) is 34.5 Å². The van der Waals surface area contributed by atoms with E-state index >= 15 is 0 Å². The number of nitrogens with one attached hydrogen (secondary N) is 1. The van der Waals surface area contributed by atoms with Gasteiger partial charge in [0.05, 0.1) is 5.69 Å². The lowest BCUT2D eigenvalue weighted by atomic mass is 10.2. The first kappa shape index (κ1) is 16.4. The second-order valence-corrected chi connectivity index (χ2v) is 5.26. The van der Waals surface area contributed by atoms with Crippen LogP contribution in [0.4, 0.5) is 19.3 Å². The number of alkyl halides is 2. The van der Waals surface area contributed by atoms with Crippen LogP contribution in [0.2, 0.25) is 0 Å². The van der Waals surface area contributed by atoms with Gasteiger partial charge >= 0.3 is 6.09 Å². The molecule has 1 amide bonds. The van der Waals surface area contributed by atoms with Crippen LogP contribution in [-0.4, -0.2) is 11.1 Å². The van der Waals surface area contributed by atoms with Crippen molar-refractivity contribution in [1.82, 2.24) is 4.98 Å². The molecule has 0 fully saturated rings. The van der Waals surface area contributed by atoms with Crippen LogP contribution in [0.3, 0.4) is 0 Å². The minimum absolute atomic E-state index is 0.0492. The smallest absolute Gasteiger partial charge is 0.412 e. The van der Waals surface area contributed by atoms with Gasteiger partial charge in [-0.25, -0.2) is 18.6 Å². The van der Waals surface area contributed by atoms with E-state index in [0.717, 1.165) is 5.56 Å². The van der Waals surface area contributed by atoms with E-state index in [4.69, 9.17) is 4.74 Å². The lowest BCUT2D eigenvalue weighted by Gasteiger charge is -2.13. The molecule has 2 aromatic rings. The molecule has 1 aromatic carbocycles. The van der Waals surface area contributed by atoms with E-state index in [1.54, 1.807) is 19.1 Å². The molecule has 0 radical (unpaired) electrons. The first-order chi connectivity index (χ1) is 10.5. The molecule has 0 aliphatic carbocycles. The third-order valence-electron chi connectivity index (χ3n) is 2.81. The predicted octanol–water partition coefficient (Wildman–Crippen LogP) is 4.84. The van der Waals surface area contributed by atoms with Crippen LogP contribution in [0.25, 0.3) is 0 Å². The maximum absolute atomic E-state index is 13.0. The molecule has 116 valence electrons. The van der Waals surface area contributed by atoms with E-state index in [1.807, 2.05) is 18.2 Å². The Morgan fingerprint density at radius 3 is 2.68 bits per heavy atom. The maximum Gasteiger partial charge on any atom is 0.412 e. The highest BCUT2D eigenvalue weighted by molar-refractivity contribution is 9.10. The van der Waals surface area contributed by atoms with E-state index in [-0.39, 0.29) is 22.5 Å². The van der Waals surface area contributed by atoms with Gasteiger partial charge in [0.25, 0.3) is 6.43 Å². The molecule has 7 heteroatoms. The number of anilines is 1. The minimum atomic E-state index is -2.73. The summed E-state index contributed by atoms with van der Waals surface area (Å²) in [7, 11) is 0. The van der Waals surface area contributed by atoms with Crippen LogP contribution in [-0.2, 0) is 11.3 Å². The van der Waals surface area contributed by atoms with Gasteiger partial charge in [0.1, 0.15) is 11.2 Å². The average molecular weight is 371 g/mol. The van der Waals surface area contributed by atoms with Gasteiger partial charge in [0, 0.05) is 11.3 Å². The fourth-order valence-corrected chi connectivity index (χ4v) is 2.42. The Bertz CT molecular complexity index is 666. The van der Waals surface area contributed by atoms with Crippen LogP contribution < -0.4 is 5.32 Å². The summed E-state index contributed by atoms with van der Waals surface area (Å²) in [6.07, 6.45) is -3.56. The van der Waals surface area contributed by atoms with Crippen LogP contribution in [0, 0.1) is 6.92 Å². The van der Waals surface area contributed by atoms with Gasteiger partial charge in [-0.15, -0.1) is 0 Å². The first-order valence-corrected chi connectivity index (χ1v) is 7.19. The van der Waals surface area contributed by atoms with Gasteiger partial charge in [0.2, 0.25) is 0 Å². The van der Waals surface area contributed by atoms with Crippen molar-refractivity contribution in [2.75, 3.05) is 5.32 Å². The third-order valence-corrected chi connectivity index (χ3v) is 3.38. The molecule has 22 heavy (non-hydrogen) atoms. The molecule has 1 N–H and O–H groups in total. The first-order valence-electron chi connectivity index (χ1n) is 6.40. The molecule has 2 rings (SSSR count). The number of hydrogen-bond donors (Lipinski definition) is 1. The van der Waals surface area contributed by atoms with E-state index < -0.39 is 12.5 Å². The summed E-state index contributed by atoms with van der Waals surface area (Å²) in [5, 5.41) is 2.31. The summed E-state index contributed by atoms with van der Waals surface area (Å²) in [6.45, 7) is 1.64. The topological polar surface area (TPSA) is 51.2 Å². The fourth-order valence-electron chi connectivity index (χ4n) is 1.82. The SMILES string of the molecule is Cc1cc(C(F)F)c(NC(=O)OCc2ccccc2)c(Br)n1. The molecule has 1 aromatic heterocycles. The number of pyridine rings is 1. The normalized spacial score (nSPS) is 10.6. The summed E-state index contributed by atoms with van der Waals surface area (Å²) in [6, 6.07) is 10.3. The summed E-state index contributed by atoms with van der Waals surface area (Å²) < 4.78 is 31.2. The molecule has 0 saturated heterocycles. The van der Waals surface area contributed by atoms with Crippen molar-refractivity contribution < 1.29 is 18.3 Å². The summed E-state index contributed by atoms with van der Waals surface area (Å²) >= 11 is 3.08. The zero-order valence-corrected chi connectivity index (χ0v) is 13.2. The molecular formula is C15H13BrF2N2O2. The Labute approximate surface area is 134 Å². The molecule has 0 aliphatic rings. The molecule has 0 saturated carbocycles. The Morgan fingerprint density at radius 2 is 2.05 bits per heavy atom. The maximum atomic E-state index is 13.0. The Hall–Kier alpha value is -2.02. The molecule has 0 spiro atoms. The van der Waals surface area contributed by atoms with Crippen molar-refractivity contribution in [1.29, 1.82) is 0 Å². The molecule has 1 heterocycles. The number of nitrogens with zero attached hydrogens (tertiary/aromatic N) is 1. The molecule has 0 bridgehead atoms. The van der Waals surface area contributed by atoms with Gasteiger partial charge in [0.15, 0.2) is 0 Å². The quantitative estimate of drug-likeness (QED) is 0.783. The molecule has 4 nitrogen and oxygen atoms in total. The molecule has 0 aliphatic heterocycles. The number of benzene rings is 1. The third kappa shape index (κ3) is 4.24. The van der Waals surface area contributed by atoms with Crippen molar-refractivity contribution in [2.24, 2.45) is 0 Å². The number of halogens is 3. The van der Waals surface area contributed by atoms with Crippen LogP contribution in [0.5, 0.6) is 0 Å². The number of amides is 1. The van der Waals surface area contributed by atoms with Crippen molar-refractivity contribution in [3.8, 4) is 0 Å². The van der Waals surface area contributed by atoms with Gasteiger partial charge in [-0.3, -0.25) is 5.32 Å². The molecular weight excluding hydrogens is 358 g/mol. The number of aromatic nitrogens is 1. The van der Waals surface area contributed by atoms with E-state index in [2.05, 4.69) is 26.2 Å². The summed E-state index contributed by atoms with van der Waals surface area (Å²) in [5.41, 5.74) is 0.827. The summed E-state index contributed by atoms with van der Waals surface area (Å²) in [5.74, 6) is 0. The zero-order chi connectivity index (χ0) is 16.1. The number of carbonyl (C=O) groups is 1. The highest BCUT2D eigenvalue weighted by Crippen LogP contribution is 2.32. The van der Waals surface area contributed by atoms with Gasteiger partial charge in [-0.2, -0.15) is 0 Å². The van der Waals surface area contributed by atoms with E-state index in [0.29, 0.717) is 5.69 Å². The lowest BCUT2D eigenvalue weighted by molar-refractivity contribution is 0.150. The monoisotopic (exact) mass is 370 g/mol. The molecule has 0 atom stereocenters. The minimum Gasteiger partial charge on any atom is -0.444 e. The number of aryl methyl sites for hydroxylation is 1. The second kappa shape index (κ2) is 7.31. The van der Waals surface area contributed by atoms with Gasteiger partial charge < -0.3 is 4.74 Å². The number of carbonyl (C=O) groups excluding carboxylic acids is 1. The number of hydrogen-bond acceptors (Lipinski definition) is 3. The highest BCUT2D eigenvalue weighted by Gasteiger charge is 2.19. The van der Waals surface area contributed by atoms with Crippen molar-refractivity contribution >= 4 is 27.7 Å². The van der Waals surface area contributed by atoms with Crippen LogP contribution in [0.1, 0.15) is 23.2 Å². The standard InChI is InChI=1S/C15H13BrF2N2O2/c1-9-7-11(14(17)18)12(13(16)19-9)20-15(21)22-8-10-5-3-2-4-6-10/h2-7,14H,8H2,1H3,(H,20,21). The lowest BCUT2D eigenvalue weighted by Crippen LogP contribution is -2.16. The zero-order valence-electron chi connectivity index (χ0n) is 11.6. The summed E-state index contributed by atoms with van der Waals surface area (Å²) in [4.78, 5) is 15.8. The average Bonchev–Trinajstić information content (AvgIpc) is 2.48. The number of rotatable bonds is 4. The van der Waals surface area contributed by atoms with Crippen molar-refractivity contribution in [3.05, 3.63) is 57.8 Å². The number of ether oxygens (including phenoxy) is 1. The Balaban J connectivity index is 2.08. The van der Waals surface area contributed by atoms with Crippen LogP contribution in [0.15, 0.2) is 41.0 Å². The van der Waals surface area contributed by atoms with Crippen molar-refractivity contribution in [3.63, 3.8) is 0 Å². The largest absolute Gasteiger partial charge is 0.444 e.